The lowest BCUT2D eigenvalue weighted by atomic mass is 10.1. The molecule has 9 nitrogen and oxygen atoms in total. The highest BCUT2D eigenvalue weighted by atomic mass is 16.2. The number of carbonyl (C=O) groups excluding carboxylic acids is 3. The summed E-state index contributed by atoms with van der Waals surface area (Å²) in [6.45, 7) is 7.64. The minimum atomic E-state index is -0.544. The number of nitrogens with zero attached hydrogens (tertiary/aromatic N) is 5. The normalized spacial score (nSPS) is 13.5. The van der Waals surface area contributed by atoms with Gasteiger partial charge < -0.3 is 5.32 Å². The third-order valence-corrected chi connectivity index (χ3v) is 6.78. The van der Waals surface area contributed by atoms with E-state index in [1.165, 1.54) is 34.0 Å². The number of aromatic nitrogens is 3. The lowest BCUT2D eigenvalue weighted by molar-refractivity contribution is 0.0593. The van der Waals surface area contributed by atoms with Crippen LogP contribution in [0.1, 0.15) is 68.0 Å². The Hall–Kier alpha value is -4.84. The predicted octanol–water partition coefficient (Wildman–Crippen LogP) is 4.56. The molecule has 1 aliphatic rings. The van der Waals surface area contributed by atoms with Gasteiger partial charge in [-0.25, -0.2) is 4.98 Å². The Kier molecular flexibility index (Phi) is 5.80. The topological polar surface area (TPSA) is 121 Å². The molecule has 37 heavy (non-hydrogen) atoms. The molecule has 0 radical (unpaired) electrons. The number of nitriles is 1. The number of benzene rings is 2. The maximum Gasteiger partial charge on any atom is 0.261 e. The number of amides is 3. The summed E-state index contributed by atoms with van der Waals surface area (Å²) in [7, 11) is 0. The number of imide groups is 1. The highest BCUT2D eigenvalue weighted by Gasteiger charge is 2.38. The van der Waals surface area contributed by atoms with E-state index in [1.807, 2.05) is 52.0 Å². The van der Waals surface area contributed by atoms with Crippen molar-refractivity contribution < 1.29 is 14.4 Å². The van der Waals surface area contributed by atoms with Crippen molar-refractivity contribution in [1.29, 1.82) is 5.26 Å². The maximum atomic E-state index is 13.3. The van der Waals surface area contributed by atoms with Gasteiger partial charge in [-0.1, -0.05) is 25.1 Å². The van der Waals surface area contributed by atoms with Gasteiger partial charge in [-0.2, -0.15) is 15.0 Å². The standard InChI is InChI=1S/C28H24N6O3/c1-5-17(4)33-27(36)21-10-9-18(12-22(21)28(33)37)26(35)32-25-19(13-29)14-30-34(25)23-11-16(3)20-8-6-7-15(2)24(20)31-23/h6-12,14,17H,5H2,1-4H3,(H,32,35). The van der Waals surface area contributed by atoms with Crippen LogP contribution in [-0.2, 0) is 0 Å². The number of anilines is 1. The number of para-hydroxylation sites is 1. The Morgan fingerprint density at radius 2 is 1.84 bits per heavy atom. The van der Waals surface area contributed by atoms with Crippen LogP contribution in [0.4, 0.5) is 5.82 Å². The molecule has 1 unspecified atom stereocenters. The van der Waals surface area contributed by atoms with E-state index in [0.29, 0.717) is 12.2 Å². The Labute approximate surface area is 213 Å². The van der Waals surface area contributed by atoms with Crippen LogP contribution < -0.4 is 5.32 Å². The average Bonchev–Trinajstić information content (AvgIpc) is 3.41. The van der Waals surface area contributed by atoms with E-state index in [4.69, 9.17) is 4.98 Å². The Morgan fingerprint density at radius 3 is 2.57 bits per heavy atom. The minimum Gasteiger partial charge on any atom is -0.305 e. The smallest absolute Gasteiger partial charge is 0.261 e. The van der Waals surface area contributed by atoms with Gasteiger partial charge in [-0.05, 0) is 62.6 Å². The molecule has 1 N–H and O–H groups in total. The van der Waals surface area contributed by atoms with Gasteiger partial charge in [0.1, 0.15) is 11.6 Å². The van der Waals surface area contributed by atoms with Crippen LogP contribution in [0.5, 0.6) is 0 Å². The Balaban J connectivity index is 1.52. The van der Waals surface area contributed by atoms with Crippen LogP contribution >= 0.6 is 0 Å². The second kappa shape index (κ2) is 8.99. The first-order valence-corrected chi connectivity index (χ1v) is 11.9. The van der Waals surface area contributed by atoms with Gasteiger partial charge in [0.25, 0.3) is 17.7 Å². The molecule has 0 fully saturated rings. The fourth-order valence-corrected chi connectivity index (χ4v) is 4.54. The van der Waals surface area contributed by atoms with Crippen molar-refractivity contribution >= 4 is 34.4 Å². The number of nitrogens with one attached hydrogen (secondary N) is 1. The van der Waals surface area contributed by atoms with Crippen molar-refractivity contribution in [1.82, 2.24) is 19.7 Å². The summed E-state index contributed by atoms with van der Waals surface area (Å²) in [5.41, 5.74) is 3.57. The number of hydrogen-bond donors (Lipinski definition) is 1. The molecule has 3 amide bonds. The summed E-state index contributed by atoms with van der Waals surface area (Å²) in [6, 6.07) is 14.0. The molecule has 184 valence electrons. The van der Waals surface area contributed by atoms with Gasteiger partial charge in [0.15, 0.2) is 11.6 Å². The van der Waals surface area contributed by atoms with Crippen molar-refractivity contribution in [3.63, 3.8) is 0 Å². The lowest BCUT2D eigenvalue weighted by Crippen LogP contribution is -2.37. The Bertz CT molecular complexity index is 1660. The summed E-state index contributed by atoms with van der Waals surface area (Å²) >= 11 is 0. The lowest BCUT2D eigenvalue weighted by Gasteiger charge is -2.20. The van der Waals surface area contributed by atoms with Crippen LogP contribution in [0, 0.1) is 25.2 Å². The fourth-order valence-electron chi connectivity index (χ4n) is 4.54. The summed E-state index contributed by atoms with van der Waals surface area (Å²) in [6.07, 6.45) is 1.99. The second-order valence-corrected chi connectivity index (χ2v) is 9.15. The van der Waals surface area contributed by atoms with Crippen molar-refractivity contribution in [3.05, 3.63) is 82.0 Å². The van der Waals surface area contributed by atoms with E-state index >= 15 is 0 Å². The van der Waals surface area contributed by atoms with Crippen molar-refractivity contribution in [3.8, 4) is 11.9 Å². The van der Waals surface area contributed by atoms with E-state index in [1.54, 1.807) is 0 Å². The highest BCUT2D eigenvalue weighted by molar-refractivity contribution is 6.22. The minimum absolute atomic E-state index is 0.160. The summed E-state index contributed by atoms with van der Waals surface area (Å²) in [4.78, 5) is 44.9. The maximum absolute atomic E-state index is 13.3. The van der Waals surface area contributed by atoms with Crippen LogP contribution in [-0.4, -0.2) is 43.4 Å². The predicted molar refractivity (Wildman–Crippen MR) is 138 cm³/mol. The van der Waals surface area contributed by atoms with Gasteiger partial charge in [-0.15, -0.1) is 0 Å². The number of hydrogen-bond acceptors (Lipinski definition) is 6. The fraction of sp³-hybridized carbons (Fsp3) is 0.214. The zero-order chi connectivity index (χ0) is 26.4. The molecule has 4 aromatic rings. The molecule has 0 aliphatic carbocycles. The first-order valence-electron chi connectivity index (χ1n) is 11.9. The first kappa shape index (κ1) is 23.9. The van der Waals surface area contributed by atoms with E-state index in [-0.39, 0.29) is 40.0 Å². The quantitative estimate of drug-likeness (QED) is 0.408. The van der Waals surface area contributed by atoms with E-state index in [2.05, 4.69) is 16.5 Å². The van der Waals surface area contributed by atoms with Crippen LogP contribution in [0.15, 0.2) is 48.7 Å². The van der Waals surface area contributed by atoms with Gasteiger partial charge in [0, 0.05) is 17.0 Å². The summed E-state index contributed by atoms with van der Waals surface area (Å²) in [5.74, 6) is -0.708. The third-order valence-electron chi connectivity index (χ3n) is 6.78. The van der Waals surface area contributed by atoms with Crippen molar-refractivity contribution in [2.24, 2.45) is 0 Å². The molecule has 5 rings (SSSR count). The molecule has 0 bridgehead atoms. The monoisotopic (exact) mass is 492 g/mol. The van der Waals surface area contributed by atoms with E-state index < -0.39 is 11.8 Å². The first-order chi connectivity index (χ1) is 17.7. The average molecular weight is 493 g/mol. The van der Waals surface area contributed by atoms with Crippen LogP contribution in [0.25, 0.3) is 16.7 Å². The largest absolute Gasteiger partial charge is 0.305 e. The zero-order valence-corrected chi connectivity index (χ0v) is 20.9. The number of fused-ring (bicyclic) bond motifs is 2. The van der Waals surface area contributed by atoms with Gasteiger partial charge in [-0.3, -0.25) is 19.3 Å². The molecule has 2 aromatic carbocycles. The van der Waals surface area contributed by atoms with Crippen molar-refractivity contribution in [2.45, 2.75) is 40.2 Å². The van der Waals surface area contributed by atoms with E-state index in [0.717, 1.165) is 22.0 Å². The summed E-state index contributed by atoms with van der Waals surface area (Å²) in [5, 5.41) is 17.7. The number of carbonyl (C=O) groups is 3. The molecule has 1 atom stereocenters. The SMILES string of the molecule is CCC(C)N1C(=O)c2ccc(C(=O)Nc3c(C#N)cnn3-c3cc(C)c4cccc(C)c4n3)cc2C1=O. The van der Waals surface area contributed by atoms with Crippen molar-refractivity contribution in [2.75, 3.05) is 5.32 Å². The van der Waals surface area contributed by atoms with E-state index in [9.17, 15) is 19.6 Å². The van der Waals surface area contributed by atoms with Crippen LogP contribution in [0.3, 0.4) is 0 Å². The number of pyridine rings is 1. The molecule has 9 heteroatoms. The number of rotatable bonds is 5. The van der Waals surface area contributed by atoms with Gasteiger partial charge in [0.05, 0.1) is 22.8 Å². The molecule has 2 aromatic heterocycles. The van der Waals surface area contributed by atoms with Crippen LogP contribution in [0.2, 0.25) is 0 Å². The molecule has 1 aliphatic heterocycles. The molecule has 0 spiro atoms. The van der Waals surface area contributed by atoms with Gasteiger partial charge >= 0.3 is 0 Å². The third kappa shape index (κ3) is 3.83. The van der Waals surface area contributed by atoms with Gasteiger partial charge in [0.2, 0.25) is 0 Å². The molecule has 3 heterocycles. The molecular weight excluding hydrogens is 468 g/mol. The highest BCUT2D eigenvalue weighted by Crippen LogP contribution is 2.28. The Morgan fingerprint density at radius 1 is 1.08 bits per heavy atom. The molecule has 0 saturated heterocycles. The molecular formula is C28H24N6O3. The number of aryl methyl sites for hydroxylation is 2. The zero-order valence-electron chi connectivity index (χ0n) is 20.9. The summed E-state index contributed by atoms with van der Waals surface area (Å²) < 4.78 is 1.42. The molecule has 0 saturated carbocycles. The second-order valence-electron chi connectivity index (χ2n) is 9.15.